The summed E-state index contributed by atoms with van der Waals surface area (Å²) >= 11 is 3.91. The van der Waals surface area contributed by atoms with Crippen molar-refractivity contribution in [2.75, 3.05) is 32.0 Å². The second kappa shape index (κ2) is 5.18. The minimum Gasteiger partial charge on any atom is -0.373 e. The summed E-state index contributed by atoms with van der Waals surface area (Å²) in [5, 5.41) is 2.81. The van der Waals surface area contributed by atoms with Crippen LogP contribution >= 0.6 is 12.6 Å². The fourth-order valence-electron chi connectivity index (χ4n) is 2.29. The van der Waals surface area contributed by atoms with Crippen LogP contribution in [0.2, 0.25) is 0 Å². The maximum absolute atomic E-state index is 11.0. The molecule has 2 aliphatic heterocycles. The number of fused-ring (bicyclic) bond motifs is 1. The summed E-state index contributed by atoms with van der Waals surface area (Å²) in [5.41, 5.74) is 0. The summed E-state index contributed by atoms with van der Waals surface area (Å²) in [4.78, 5) is 13.5. The monoisotopic (exact) mass is 230 g/mol. The molecule has 0 aromatic heterocycles. The molecule has 2 fully saturated rings. The molecule has 0 saturated carbocycles. The number of hydrogen-bond donors (Lipinski definition) is 2. The van der Waals surface area contributed by atoms with Gasteiger partial charge in [0.2, 0.25) is 5.91 Å². The Bertz CT molecular complexity index is 237. The fourth-order valence-corrected chi connectivity index (χ4v) is 2.40. The minimum atomic E-state index is -0.0227. The molecular weight excluding hydrogens is 212 g/mol. The third-order valence-electron chi connectivity index (χ3n) is 3.13. The predicted molar refractivity (Wildman–Crippen MR) is 61.2 cm³/mol. The van der Waals surface area contributed by atoms with E-state index in [0.717, 1.165) is 13.2 Å². The largest absolute Gasteiger partial charge is 0.373 e. The summed E-state index contributed by atoms with van der Waals surface area (Å²) in [6.07, 6.45) is 2.70. The number of carbonyl (C=O) groups excluding carboxylic acids is 1. The Balaban J connectivity index is 1.73. The molecule has 2 saturated heterocycles. The van der Waals surface area contributed by atoms with Crippen molar-refractivity contribution in [3.8, 4) is 0 Å². The molecule has 0 aromatic rings. The van der Waals surface area contributed by atoms with Crippen LogP contribution in [0.1, 0.15) is 12.8 Å². The SMILES string of the molecule is O=C(CS)NCC1CN2CCCC2CO1. The highest BCUT2D eigenvalue weighted by Crippen LogP contribution is 2.22. The molecule has 4 nitrogen and oxygen atoms in total. The van der Waals surface area contributed by atoms with Crippen molar-refractivity contribution >= 4 is 18.5 Å². The van der Waals surface area contributed by atoms with E-state index in [4.69, 9.17) is 4.74 Å². The van der Waals surface area contributed by atoms with Gasteiger partial charge in [0.05, 0.1) is 18.5 Å². The maximum atomic E-state index is 11.0. The van der Waals surface area contributed by atoms with Gasteiger partial charge in [-0.1, -0.05) is 0 Å². The fraction of sp³-hybridized carbons (Fsp3) is 0.900. The van der Waals surface area contributed by atoms with Crippen molar-refractivity contribution in [1.29, 1.82) is 0 Å². The van der Waals surface area contributed by atoms with Gasteiger partial charge in [-0.2, -0.15) is 12.6 Å². The first-order valence-corrected chi connectivity index (χ1v) is 6.16. The standard InChI is InChI=1S/C10H18N2O2S/c13-10(7-15)11-4-9-5-12-3-1-2-8(12)6-14-9/h8-9,15H,1-7H2,(H,11,13). The molecule has 0 aromatic carbocycles. The van der Waals surface area contributed by atoms with Crippen LogP contribution in [-0.2, 0) is 9.53 Å². The second-order valence-corrected chi connectivity index (χ2v) is 4.52. The zero-order chi connectivity index (χ0) is 10.7. The van der Waals surface area contributed by atoms with E-state index < -0.39 is 0 Å². The van der Waals surface area contributed by atoms with Crippen molar-refractivity contribution in [3.63, 3.8) is 0 Å². The van der Waals surface area contributed by atoms with Crippen LogP contribution in [0.4, 0.5) is 0 Å². The second-order valence-electron chi connectivity index (χ2n) is 4.21. The van der Waals surface area contributed by atoms with Crippen LogP contribution in [0, 0.1) is 0 Å². The van der Waals surface area contributed by atoms with E-state index in [0.29, 0.717) is 12.6 Å². The number of amides is 1. The van der Waals surface area contributed by atoms with E-state index in [9.17, 15) is 4.79 Å². The van der Waals surface area contributed by atoms with E-state index >= 15 is 0 Å². The van der Waals surface area contributed by atoms with E-state index in [1.165, 1.54) is 19.4 Å². The molecule has 2 aliphatic rings. The molecule has 86 valence electrons. The molecule has 15 heavy (non-hydrogen) atoms. The molecule has 2 atom stereocenters. The minimum absolute atomic E-state index is 0.0227. The summed E-state index contributed by atoms with van der Waals surface area (Å²) in [6.45, 7) is 3.58. The van der Waals surface area contributed by atoms with Crippen LogP contribution < -0.4 is 5.32 Å². The number of hydrogen-bond acceptors (Lipinski definition) is 4. The van der Waals surface area contributed by atoms with Gasteiger partial charge < -0.3 is 10.1 Å². The number of nitrogens with one attached hydrogen (secondary N) is 1. The van der Waals surface area contributed by atoms with Gasteiger partial charge in [0.25, 0.3) is 0 Å². The maximum Gasteiger partial charge on any atom is 0.229 e. The Morgan fingerprint density at radius 2 is 2.47 bits per heavy atom. The molecule has 2 rings (SSSR count). The molecule has 0 spiro atoms. The number of morpholine rings is 1. The number of nitrogens with zero attached hydrogens (tertiary/aromatic N) is 1. The number of ether oxygens (including phenoxy) is 1. The summed E-state index contributed by atoms with van der Waals surface area (Å²) in [5.74, 6) is 0.226. The van der Waals surface area contributed by atoms with Gasteiger partial charge in [-0.3, -0.25) is 9.69 Å². The topological polar surface area (TPSA) is 41.6 Å². The van der Waals surface area contributed by atoms with Crippen LogP contribution in [0.5, 0.6) is 0 Å². The molecule has 2 heterocycles. The van der Waals surface area contributed by atoms with Gasteiger partial charge in [-0.05, 0) is 19.4 Å². The van der Waals surface area contributed by atoms with E-state index in [1.807, 2.05) is 0 Å². The molecule has 5 heteroatoms. The first-order valence-electron chi connectivity index (χ1n) is 5.53. The third kappa shape index (κ3) is 2.86. The van der Waals surface area contributed by atoms with Crippen molar-refractivity contribution in [3.05, 3.63) is 0 Å². The summed E-state index contributed by atoms with van der Waals surface area (Å²) in [7, 11) is 0. The van der Waals surface area contributed by atoms with Crippen molar-refractivity contribution in [1.82, 2.24) is 10.2 Å². The Hall–Kier alpha value is -0.260. The smallest absolute Gasteiger partial charge is 0.229 e. The lowest BCUT2D eigenvalue weighted by atomic mass is 10.2. The average molecular weight is 230 g/mol. The van der Waals surface area contributed by atoms with Gasteiger partial charge >= 0.3 is 0 Å². The number of rotatable bonds is 3. The van der Waals surface area contributed by atoms with E-state index in [2.05, 4.69) is 22.8 Å². The molecule has 1 amide bonds. The molecule has 1 N–H and O–H groups in total. The average Bonchev–Trinajstić information content (AvgIpc) is 2.72. The molecule has 0 radical (unpaired) electrons. The van der Waals surface area contributed by atoms with E-state index in [-0.39, 0.29) is 17.8 Å². The summed E-state index contributed by atoms with van der Waals surface area (Å²) < 4.78 is 5.71. The number of thiol groups is 1. The van der Waals surface area contributed by atoms with Gasteiger partial charge in [-0.15, -0.1) is 0 Å². The van der Waals surface area contributed by atoms with Crippen LogP contribution in [0.25, 0.3) is 0 Å². The van der Waals surface area contributed by atoms with Crippen LogP contribution in [-0.4, -0.2) is 54.9 Å². The third-order valence-corrected chi connectivity index (χ3v) is 3.42. The lowest BCUT2D eigenvalue weighted by Crippen LogP contribution is -2.50. The Morgan fingerprint density at radius 1 is 1.60 bits per heavy atom. The highest BCUT2D eigenvalue weighted by Gasteiger charge is 2.31. The first kappa shape index (κ1) is 11.2. The lowest BCUT2D eigenvalue weighted by Gasteiger charge is -2.35. The molecular formula is C10H18N2O2S. The van der Waals surface area contributed by atoms with Crippen molar-refractivity contribution in [2.45, 2.75) is 25.0 Å². The van der Waals surface area contributed by atoms with Gasteiger partial charge in [0.15, 0.2) is 0 Å². The zero-order valence-corrected chi connectivity index (χ0v) is 9.71. The quantitative estimate of drug-likeness (QED) is 0.665. The van der Waals surface area contributed by atoms with Crippen molar-refractivity contribution in [2.24, 2.45) is 0 Å². The summed E-state index contributed by atoms with van der Waals surface area (Å²) in [6, 6.07) is 0.627. The Kier molecular flexibility index (Phi) is 3.88. The normalized spacial score (nSPS) is 31.3. The van der Waals surface area contributed by atoms with Crippen LogP contribution in [0.15, 0.2) is 0 Å². The zero-order valence-electron chi connectivity index (χ0n) is 8.82. The molecule has 0 aliphatic carbocycles. The lowest BCUT2D eigenvalue weighted by molar-refractivity contribution is -0.120. The van der Waals surface area contributed by atoms with Crippen molar-refractivity contribution < 1.29 is 9.53 Å². The molecule has 0 bridgehead atoms. The van der Waals surface area contributed by atoms with Crippen LogP contribution in [0.3, 0.4) is 0 Å². The number of carbonyl (C=O) groups is 1. The molecule has 2 unspecified atom stereocenters. The van der Waals surface area contributed by atoms with Gasteiger partial charge in [-0.25, -0.2) is 0 Å². The Morgan fingerprint density at radius 3 is 3.27 bits per heavy atom. The Labute approximate surface area is 95.8 Å². The predicted octanol–water partition coefficient (Wildman–Crippen LogP) is -0.104. The highest BCUT2D eigenvalue weighted by molar-refractivity contribution is 7.81. The highest BCUT2D eigenvalue weighted by atomic mass is 32.1. The van der Waals surface area contributed by atoms with E-state index in [1.54, 1.807) is 0 Å². The van der Waals surface area contributed by atoms with Gasteiger partial charge in [0, 0.05) is 19.1 Å². The first-order chi connectivity index (χ1) is 7.29. The van der Waals surface area contributed by atoms with Gasteiger partial charge in [0.1, 0.15) is 0 Å².